The molecule has 3 rings (SSSR count). The van der Waals surface area contributed by atoms with Gasteiger partial charge in [0.25, 0.3) is 0 Å². The number of benzene rings is 1. The first-order valence-corrected chi connectivity index (χ1v) is 5.60. The van der Waals surface area contributed by atoms with Crippen LogP contribution in [0.5, 0.6) is 5.88 Å². The molecule has 86 valence electrons. The number of anilines is 1. The Morgan fingerprint density at radius 1 is 1.24 bits per heavy atom. The molecule has 2 heterocycles. The van der Waals surface area contributed by atoms with Gasteiger partial charge in [-0.05, 0) is 18.1 Å². The van der Waals surface area contributed by atoms with Crippen molar-refractivity contribution in [3.05, 3.63) is 36.2 Å². The van der Waals surface area contributed by atoms with Crippen molar-refractivity contribution in [2.75, 3.05) is 19.0 Å². The van der Waals surface area contributed by atoms with Crippen LogP contribution in [0.25, 0.3) is 11.3 Å². The highest BCUT2D eigenvalue weighted by molar-refractivity contribution is 5.71. The minimum Gasteiger partial charge on any atom is -0.479 e. The van der Waals surface area contributed by atoms with Crippen LogP contribution >= 0.6 is 0 Å². The molecule has 1 aromatic heterocycles. The van der Waals surface area contributed by atoms with E-state index in [0.29, 0.717) is 5.88 Å². The van der Waals surface area contributed by atoms with Crippen LogP contribution in [0.3, 0.4) is 0 Å². The summed E-state index contributed by atoms with van der Waals surface area (Å²) in [5.41, 5.74) is 4.36. The van der Waals surface area contributed by atoms with Crippen molar-refractivity contribution in [1.29, 1.82) is 0 Å². The Kier molecular flexibility index (Phi) is 2.40. The quantitative estimate of drug-likeness (QED) is 0.853. The van der Waals surface area contributed by atoms with Crippen molar-refractivity contribution in [2.24, 2.45) is 0 Å². The van der Waals surface area contributed by atoms with Gasteiger partial charge in [-0.25, -0.2) is 9.97 Å². The molecule has 0 radical (unpaired) electrons. The first-order chi connectivity index (χ1) is 8.38. The third-order valence-corrected chi connectivity index (χ3v) is 2.95. The molecule has 4 heteroatoms. The number of nitrogens with one attached hydrogen (secondary N) is 1. The predicted octanol–water partition coefficient (Wildman–Crippen LogP) is 2.12. The van der Waals surface area contributed by atoms with Gasteiger partial charge < -0.3 is 10.1 Å². The molecule has 17 heavy (non-hydrogen) atoms. The van der Waals surface area contributed by atoms with Crippen LogP contribution in [0.2, 0.25) is 0 Å². The lowest BCUT2D eigenvalue weighted by Crippen LogP contribution is -1.95. The fourth-order valence-corrected chi connectivity index (χ4v) is 2.11. The van der Waals surface area contributed by atoms with Gasteiger partial charge in [-0.15, -0.1) is 0 Å². The first kappa shape index (κ1) is 10.1. The van der Waals surface area contributed by atoms with Gasteiger partial charge in [0.2, 0.25) is 5.88 Å². The molecule has 1 aromatic carbocycles. The van der Waals surface area contributed by atoms with E-state index in [1.54, 1.807) is 19.5 Å². The maximum Gasteiger partial charge on any atom is 0.240 e. The second-order valence-corrected chi connectivity index (χ2v) is 3.96. The molecule has 0 amide bonds. The van der Waals surface area contributed by atoms with Crippen molar-refractivity contribution in [1.82, 2.24) is 9.97 Å². The van der Waals surface area contributed by atoms with Crippen molar-refractivity contribution >= 4 is 5.69 Å². The topological polar surface area (TPSA) is 47.0 Å². The monoisotopic (exact) mass is 227 g/mol. The zero-order valence-corrected chi connectivity index (χ0v) is 9.60. The summed E-state index contributed by atoms with van der Waals surface area (Å²) in [6, 6.07) is 6.31. The zero-order chi connectivity index (χ0) is 11.7. The van der Waals surface area contributed by atoms with Gasteiger partial charge in [-0.2, -0.15) is 0 Å². The van der Waals surface area contributed by atoms with Crippen LogP contribution in [0.4, 0.5) is 5.69 Å². The highest BCUT2D eigenvalue weighted by Crippen LogP contribution is 2.31. The Labute approximate surface area is 99.7 Å². The lowest BCUT2D eigenvalue weighted by atomic mass is 10.1. The van der Waals surface area contributed by atoms with Crippen LogP contribution in [-0.4, -0.2) is 23.6 Å². The largest absolute Gasteiger partial charge is 0.479 e. The molecule has 1 aliphatic rings. The number of methoxy groups -OCH3 is 1. The molecule has 0 aliphatic carbocycles. The lowest BCUT2D eigenvalue weighted by molar-refractivity contribution is 0.398. The van der Waals surface area contributed by atoms with Crippen LogP contribution in [0, 0.1) is 0 Å². The number of hydrogen-bond donors (Lipinski definition) is 1. The summed E-state index contributed by atoms with van der Waals surface area (Å²) in [5, 5.41) is 3.36. The molecule has 1 N–H and O–H groups in total. The highest BCUT2D eigenvalue weighted by Gasteiger charge is 2.13. The van der Waals surface area contributed by atoms with E-state index in [0.717, 1.165) is 24.2 Å². The van der Waals surface area contributed by atoms with Gasteiger partial charge in [0.05, 0.1) is 7.11 Å². The summed E-state index contributed by atoms with van der Waals surface area (Å²) in [4.78, 5) is 8.49. The molecule has 0 fully saturated rings. The Morgan fingerprint density at radius 3 is 3.00 bits per heavy atom. The maximum absolute atomic E-state index is 5.23. The molecule has 0 saturated carbocycles. The Morgan fingerprint density at radius 2 is 2.12 bits per heavy atom. The van der Waals surface area contributed by atoms with E-state index in [4.69, 9.17) is 4.74 Å². The van der Waals surface area contributed by atoms with Gasteiger partial charge in [0, 0.05) is 30.2 Å². The molecule has 0 saturated heterocycles. The molecule has 2 aromatic rings. The van der Waals surface area contributed by atoms with Crippen LogP contribution in [0.1, 0.15) is 5.56 Å². The van der Waals surface area contributed by atoms with Crippen molar-refractivity contribution < 1.29 is 4.74 Å². The van der Waals surface area contributed by atoms with Crippen molar-refractivity contribution in [3.63, 3.8) is 0 Å². The van der Waals surface area contributed by atoms with E-state index in [-0.39, 0.29) is 0 Å². The number of hydrogen-bond acceptors (Lipinski definition) is 4. The van der Waals surface area contributed by atoms with E-state index < -0.39 is 0 Å². The Bertz CT molecular complexity index is 554. The molecule has 4 nitrogen and oxygen atoms in total. The van der Waals surface area contributed by atoms with E-state index in [9.17, 15) is 0 Å². The predicted molar refractivity (Wildman–Crippen MR) is 66.2 cm³/mol. The standard InChI is InChI=1S/C13H13N3O/c1-17-13-12(15-6-7-16-13)10-3-2-9-4-5-14-11(9)8-10/h2-3,6-8,14H,4-5H2,1H3. The second-order valence-electron chi connectivity index (χ2n) is 3.96. The number of ether oxygens (including phenoxy) is 1. The Hall–Kier alpha value is -2.10. The van der Waals surface area contributed by atoms with Crippen LogP contribution < -0.4 is 10.1 Å². The summed E-state index contributed by atoms with van der Waals surface area (Å²) in [5.74, 6) is 0.561. The van der Waals surface area contributed by atoms with Crippen LogP contribution in [0.15, 0.2) is 30.6 Å². The summed E-state index contributed by atoms with van der Waals surface area (Å²) in [6.45, 7) is 1.01. The summed E-state index contributed by atoms with van der Waals surface area (Å²) >= 11 is 0. The van der Waals surface area contributed by atoms with E-state index in [1.807, 2.05) is 0 Å². The number of aromatic nitrogens is 2. The zero-order valence-electron chi connectivity index (χ0n) is 9.60. The SMILES string of the molecule is COc1nccnc1-c1ccc2c(c1)NCC2. The molecule has 0 unspecified atom stereocenters. The molecule has 0 bridgehead atoms. The average molecular weight is 227 g/mol. The van der Waals surface area contributed by atoms with E-state index in [1.165, 1.54) is 11.3 Å². The first-order valence-electron chi connectivity index (χ1n) is 5.60. The maximum atomic E-state index is 5.23. The fourth-order valence-electron chi connectivity index (χ4n) is 2.11. The van der Waals surface area contributed by atoms with Gasteiger partial charge in [-0.1, -0.05) is 12.1 Å². The van der Waals surface area contributed by atoms with Gasteiger partial charge >= 0.3 is 0 Å². The molecule has 1 aliphatic heterocycles. The third-order valence-electron chi connectivity index (χ3n) is 2.95. The molecule has 0 spiro atoms. The van der Waals surface area contributed by atoms with Crippen LogP contribution in [-0.2, 0) is 6.42 Å². The molecule has 0 atom stereocenters. The minimum absolute atomic E-state index is 0.561. The van der Waals surface area contributed by atoms with Crippen molar-refractivity contribution in [3.8, 4) is 17.1 Å². The van der Waals surface area contributed by atoms with Gasteiger partial charge in [0.15, 0.2) is 0 Å². The van der Waals surface area contributed by atoms with Gasteiger partial charge in [0.1, 0.15) is 5.69 Å². The normalized spacial score (nSPS) is 13.0. The third kappa shape index (κ3) is 1.71. The highest BCUT2D eigenvalue weighted by atomic mass is 16.5. The average Bonchev–Trinajstić information content (AvgIpc) is 2.85. The van der Waals surface area contributed by atoms with Gasteiger partial charge in [-0.3, -0.25) is 0 Å². The number of rotatable bonds is 2. The van der Waals surface area contributed by atoms with Crippen molar-refractivity contribution in [2.45, 2.75) is 6.42 Å². The number of fused-ring (bicyclic) bond motifs is 1. The minimum atomic E-state index is 0.561. The summed E-state index contributed by atoms with van der Waals surface area (Å²) in [6.07, 6.45) is 4.40. The lowest BCUT2D eigenvalue weighted by Gasteiger charge is -2.07. The van der Waals surface area contributed by atoms with E-state index in [2.05, 4.69) is 33.5 Å². The summed E-state index contributed by atoms with van der Waals surface area (Å²) < 4.78 is 5.23. The summed E-state index contributed by atoms with van der Waals surface area (Å²) in [7, 11) is 1.61. The fraction of sp³-hybridized carbons (Fsp3) is 0.231. The second kappa shape index (κ2) is 4.05. The molecular formula is C13H13N3O. The smallest absolute Gasteiger partial charge is 0.240 e. The number of nitrogens with zero attached hydrogens (tertiary/aromatic N) is 2. The molecular weight excluding hydrogens is 214 g/mol. The Balaban J connectivity index is 2.09. The van der Waals surface area contributed by atoms with E-state index >= 15 is 0 Å².